The monoisotopic (exact) mass is 1950 g/mol. The van der Waals surface area contributed by atoms with E-state index in [-0.39, 0.29) is 108 Å². The van der Waals surface area contributed by atoms with Crippen molar-refractivity contribution in [3.8, 4) is 41.8 Å². The number of nitrogens with zero attached hydrogens (tertiary/aromatic N) is 5. The highest BCUT2D eigenvalue weighted by Crippen LogP contribution is 2.49. The summed E-state index contributed by atoms with van der Waals surface area (Å²) in [6, 6.07) is 47.1. The van der Waals surface area contributed by atoms with Gasteiger partial charge in [0.15, 0.2) is 0 Å². The summed E-state index contributed by atoms with van der Waals surface area (Å²) in [5.41, 5.74) is 7.04. The maximum Gasteiger partial charge on any atom is 0.333 e. The molecule has 2 bridgehead atoms. The molecule has 0 radical (unpaired) electrons. The molecule has 141 heavy (non-hydrogen) atoms. The van der Waals surface area contributed by atoms with Gasteiger partial charge in [-0.05, 0) is 298 Å². The quantitative estimate of drug-likeness (QED) is 0.00720. The van der Waals surface area contributed by atoms with Crippen molar-refractivity contribution in [1.82, 2.24) is 0 Å². The smallest absolute Gasteiger partial charge is 0.333 e. The molecule has 5 aromatic carbocycles. The summed E-state index contributed by atoms with van der Waals surface area (Å²) in [4.78, 5) is 90.3. The second kappa shape index (κ2) is 74.7. The summed E-state index contributed by atoms with van der Waals surface area (Å²) in [6.07, 6.45) is 17.7. The van der Waals surface area contributed by atoms with Crippen LogP contribution in [0, 0.1) is 101 Å². The van der Waals surface area contributed by atoms with Gasteiger partial charge in [-0.25, -0.2) is 4.79 Å². The normalized spacial score (nSPS) is 13.9. The molecule has 776 valence electrons. The minimum Gasteiger partial charge on any atom is -0.491 e. The van der Waals surface area contributed by atoms with E-state index in [1.807, 2.05) is 191 Å². The van der Waals surface area contributed by atoms with Crippen LogP contribution in [0.5, 0.6) is 11.5 Å². The predicted octanol–water partition coefficient (Wildman–Crippen LogP) is 26.6. The summed E-state index contributed by atoms with van der Waals surface area (Å²) < 4.78 is 57.1. The van der Waals surface area contributed by atoms with Crippen LogP contribution in [0.15, 0.2) is 184 Å². The number of carbonyl (C=O) groups excluding carboxylic acids is 8. The summed E-state index contributed by atoms with van der Waals surface area (Å²) in [7, 11) is 0. The van der Waals surface area contributed by atoms with Crippen molar-refractivity contribution in [3.63, 3.8) is 0 Å². The molecule has 2 saturated carbocycles. The number of benzene rings is 5. The number of anilines is 1. The van der Waals surface area contributed by atoms with Crippen LogP contribution in [0.3, 0.4) is 0 Å². The van der Waals surface area contributed by atoms with Gasteiger partial charge in [0, 0.05) is 17.2 Å². The molecule has 1 amide bonds. The number of ether oxygens (including phenoxy) is 11. The third-order valence-electron chi connectivity index (χ3n) is 24.1. The molecule has 1 N–H and O–H groups in total. The standard InChI is InChI=1S/C15H20O2.C14H19NO2.C14H22O2.C13H17NO2.C13H17NO.C12H13NO2.2C9H15NO2.C9H16O2.C8H14O2/c1-5-12(4)14-8-6-13(7-9-14)10-17-15(16)11(2)3;1-3-12(2)17-9-8-16-11-14-6-4-13(10-15)5-7-14;1-5-14(3,4)13(15)16-12-9(2)10-6-7-11(12)8-10;1-3-11(2)15-8-9-16-13-6-4-12(10-14)5-7-13;1-4-10(3)11-6-8-12(9-7-11)14-13(15)5-2;1-3-9(2)12(14)15-11-6-4-10(8-13)5-7-11;2*1-4-9(2,3)8(11)12-7-5-6-10;1-5-7-11-8(10)9(3,4)6-2;1-5-8(3,4)7(9)10-6-2/h6-9,12H,2,5,10H2,1,3-4H3;4-7,12H,3,8-9,11H2,1-2H3;10-12H,2,5-8H2,1,3-4H3;4-7,11H,3,8-9H2,1-2H3;5-10H,2,4H2,1,3H3,(H,14,15);4-7,9H,3H2,1-2H3;2*4-5,7H2,1-3H3;5H,1,6-7H2,2-4H3;6H,2,5H2,1,3-4H3. The number of nitriles is 5. The van der Waals surface area contributed by atoms with Gasteiger partial charge in [0.25, 0.3) is 0 Å². The zero-order chi connectivity index (χ0) is 108. The first-order valence-electron chi connectivity index (χ1n) is 49.2. The lowest BCUT2D eigenvalue weighted by atomic mass is 9.89. The molecule has 25 nitrogen and oxygen atoms in total. The van der Waals surface area contributed by atoms with E-state index in [1.165, 1.54) is 42.7 Å². The lowest BCUT2D eigenvalue weighted by Crippen LogP contribution is -2.33. The van der Waals surface area contributed by atoms with Crippen LogP contribution in [0.1, 0.15) is 327 Å². The Morgan fingerprint density at radius 2 is 0.858 bits per heavy atom. The number of rotatable bonds is 43. The lowest BCUT2D eigenvalue weighted by Gasteiger charge is -2.28. The van der Waals surface area contributed by atoms with Gasteiger partial charge in [-0.3, -0.25) is 33.6 Å². The molecule has 7 rings (SSSR count). The van der Waals surface area contributed by atoms with Crippen LogP contribution < -0.4 is 14.8 Å². The Bertz CT molecular complexity index is 4680. The van der Waals surface area contributed by atoms with E-state index in [1.54, 1.807) is 73.7 Å². The highest BCUT2D eigenvalue weighted by Gasteiger charge is 2.46. The largest absolute Gasteiger partial charge is 0.491 e. The zero-order valence-corrected chi connectivity index (χ0v) is 89.9. The highest BCUT2D eigenvalue weighted by molar-refractivity contribution is 5.98. The first-order valence-corrected chi connectivity index (χ1v) is 49.2. The van der Waals surface area contributed by atoms with Gasteiger partial charge in [-0.15, -0.1) is 0 Å². The Hall–Kier alpha value is -12.3. The van der Waals surface area contributed by atoms with Gasteiger partial charge in [-0.1, -0.05) is 178 Å². The minimum absolute atomic E-state index is 0.0112. The Morgan fingerprint density at radius 3 is 1.23 bits per heavy atom. The Morgan fingerprint density at radius 1 is 0.461 bits per heavy atom. The molecular weight excluding hydrogens is 1780 g/mol. The van der Waals surface area contributed by atoms with Gasteiger partial charge in [-0.2, -0.15) is 26.3 Å². The summed E-state index contributed by atoms with van der Waals surface area (Å²) in [5.74, 6) is 1.84. The molecule has 8 unspecified atom stereocenters. The van der Waals surface area contributed by atoms with Gasteiger partial charge in [0.2, 0.25) is 5.91 Å². The highest BCUT2D eigenvalue weighted by atomic mass is 16.6. The van der Waals surface area contributed by atoms with E-state index in [0.717, 1.165) is 92.3 Å². The summed E-state index contributed by atoms with van der Waals surface area (Å²) in [6.45, 7) is 72.7. The maximum atomic E-state index is 12.0. The second-order valence-electron chi connectivity index (χ2n) is 37.3. The first kappa shape index (κ1) is 133. The average Bonchev–Trinajstić information content (AvgIpc) is 1.64. The van der Waals surface area contributed by atoms with Gasteiger partial charge < -0.3 is 57.4 Å². The SMILES string of the molecule is C=C(C)C(=O)OCc1ccc(C(C)CC)cc1.C=C1C2CCC(C2)C1OC(=O)C(C)(C)CC.C=CC(=O)Nc1ccc(C(C)CC)cc1.C=CCOC(=O)C(C)(C)CC.C=COC(=O)C(C)(C)CC.CCC(C)(C)C(=O)OCCC#N.CCC(C)(C)C(=O)OCCC#N.CCC(C)C(=O)Oc1ccc(C#N)cc1.CCC(C)OCCOCc1ccc(C#N)cc1.CCC(C)OCCOc1ccc(C#N)cc1. The van der Waals surface area contributed by atoms with Gasteiger partial charge in [0.1, 0.15) is 50.6 Å². The predicted molar refractivity (Wildman–Crippen MR) is 559 cm³/mol. The number of fused-ring (bicyclic) bond motifs is 2. The summed E-state index contributed by atoms with van der Waals surface area (Å²) >= 11 is 0. The van der Waals surface area contributed by atoms with Crippen molar-refractivity contribution in [2.75, 3.05) is 51.6 Å². The van der Waals surface area contributed by atoms with Crippen LogP contribution >= 0.6 is 0 Å². The van der Waals surface area contributed by atoms with Crippen LogP contribution in [0.2, 0.25) is 0 Å². The molecule has 5 aromatic rings. The topological polar surface area (TPSA) is 369 Å². The van der Waals surface area contributed by atoms with Crippen LogP contribution in [-0.2, 0) is 94.2 Å². The molecular formula is C116H168N6O19. The van der Waals surface area contributed by atoms with E-state index in [2.05, 4.69) is 116 Å². The molecule has 2 aliphatic carbocycles. The van der Waals surface area contributed by atoms with Crippen molar-refractivity contribution < 1.29 is 90.5 Å². The Kier molecular flexibility index (Phi) is 70.3. The van der Waals surface area contributed by atoms with Gasteiger partial charge >= 0.3 is 41.8 Å². The minimum atomic E-state index is -0.421. The van der Waals surface area contributed by atoms with E-state index in [4.69, 9.17) is 73.7 Å². The molecule has 2 aliphatic rings. The Labute approximate surface area is 846 Å². The van der Waals surface area contributed by atoms with E-state index >= 15 is 0 Å². The van der Waals surface area contributed by atoms with E-state index in [9.17, 15) is 38.4 Å². The third kappa shape index (κ3) is 57.9. The number of amides is 1. The van der Waals surface area contributed by atoms with Crippen molar-refractivity contribution >= 4 is 53.4 Å². The second-order valence-corrected chi connectivity index (χ2v) is 37.3. The average molecular weight is 1950 g/mol. The van der Waals surface area contributed by atoms with Crippen molar-refractivity contribution in [3.05, 3.63) is 223 Å². The van der Waals surface area contributed by atoms with E-state index in [0.29, 0.717) is 104 Å². The molecule has 2 fully saturated rings. The fraction of sp³-hybridized carbons (Fsp3) is 0.543. The van der Waals surface area contributed by atoms with Crippen molar-refractivity contribution in [1.29, 1.82) is 26.3 Å². The molecule has 0 heterocycles. The molecule has 25 heteroatoms. The van der Waals surface area contributed by atoms with Crippen LogP contribution in [-0.4, -0.2) is 112 Å². The fourth-order valence-corrected chi connectivity index (χ4v) is 10.9. The number of hydrogen-bond donors (Lipinski definition) is 1. The van der Waals surface area contributed by atoms with Crippen molar-refractivity contribution in [2.45, 2.75) is 320 Å². The van der Waals surface area contributed by atoms with Gasteiger partial charge in [0.05, 0.1) is 138 Å². The first-order chi connectivity index (χ1) is 66.5. The number of carbonyl (C=O) groups is 8. The molecule has 0 aromatic heterocycles. The van der Waals surface area contributed by atoms with E-state index < -0.39 is 10.8 Å². The Balaban J connectivity index is -0.00000151. The van der Waals surface area contributed by atoms with Crippen molar-refractivity contribution in [2.24, 2.45) is 44.8 Å². The zero-order valence-electron chi connectivity index (χ0n) is 89.9. The maximum absolute atomic E-state index is 12.0. The molecule has 8 atom stereocenters. The fourth-order valence-electron chi connectivity index (χ4n) is 10.9. The number of hydrogen-bond acceptors (Lipinski definition) is 24. The molecule has 0 spiro atoms. The van der Waals surface area contributed by atoms with Crippen LogP contribution in [0.25, 0.3) is 0 Å². The number of esters is 7. The summed E-state index contributed by atoms with van der Waals surface area (Å²) in [5, 5.41) is 45.0. The third-order valence-corrected chi connectivity index (χ3v) is 24.1. The van der Waals surface area contributed by atoms with Crippen LogP contribution in [0.4, 0.5) is 5.69 Å². The lowest BCUT2D eigenvalue weighted by molar-refractivity contribution is -0.160. The molecule has 0 aliphatic heterocycles. The molecule has 0 saturated heterocycles. The number of nitrogens with one attached hydrogen (secondary N) is 1.